The molecule has 0 spiro atoms. The van der Waals surface area contributed by atoms with Crippen LogP contribution in [0, 0.1) is 22.7 Å². The van der Waals surface area contributed by atoms with Crippen LogP contribution in [0.3, 0.4) is 0 Å². The van der Waals surface area contributed by atoms with Gasteiger partial charge in [-0.1, -0.05) is 48.0 Å². The summed E-state index contributed by atoms with van der Waals surface area (Å²) in [6.07, 6.45) is 0.894. The van der Waals surface area contributed by atoms with Crippen molar-refractivity contribution in [1.82, 2.24) is 5.32 Å². The molecule has 0 radical (unpaired) electrons. The van der Waals surface area contributed by atoms with Gasteiger partial charge in [-0.15, -0.1) is 0 Å². The average molecular weight is 225 g/mol. The number of carbonyl (C=O) groups is 2. The van der Waals surface area contributed by atoms with Crippen molar-refractivity contribution in [1.29, 1.82) is 0 Å². The first-order chi connectivity index (χ1) is 7.11. The maximum Gasteiger partial charge on any atom is 0.231 e. The first kappa shape index (κ1) is 13.2. The van der Waals surface area contributed by atoms with E-state index >= 15 is 0 Å². The quantitative estimate of drug-likeness (QED) is 0.733. The van der Waals surface area contributed by atoms with Gasteiger partial charge in [0.1, 0.15) is 0 Å². The van der Waals surface area contributed by atoms with E-state index in [1.165, 1.54) is 0 Å². The summed E-state index contributed by atoms with van der Waals surface area (Å²) in [5, 5.41) is 2.49. The second-order valence-electron chi connectivity index (χ2n) is 6.52. The summed E-state index contributed by atoms with van der Waals surface area (Å²) in [5.74, 6) is -0.624. The Hall–Kier alpha value is -0.860. The van der Waals surface area contributed by atoms with Gasteiger partial charge in [-0.05, 0) is 10.8 Å². The fourth-order valence-electron chi connectivity index (χ4n) is 2.50. The Kier molecular flexibility index (Phi) is 3.19. The van der Waals surface area contributed by atoms with Crippen LogP contribution in [0.1, 0.15) is 48.0 Å². The maximum atomic E-state index is 11.9. The summed E-state index contributed by atoms with van der Waals surface area (Å²) in [5.41, 5.74) is -0.304. The topological polar surface area (TPSA) is 46.2 Å². The normalized spacial score (nSPS) is 27.1. The van der Waals surface area contributed by atoms with Gasteiger partial charge >= 0.3 is 0 Å². The zero-order valence-electron chi connectivity index (χ0n) is 11.2. The van der Waals surface area contributed by atoms with Gasteiger partial charge in [-0.3, -0.25) is 14.9 Å². The number of amides is 2. The molecule has 2 unspecified atom stereocenters. The van der Waals surface area contributed by atoms with E-state index in [4.69, 9.17) is 0 Å². The highest BCUT2D eigenvalue weighted by Gasteiger charge is 2.53. The molecule has 1 N–H and O–H groups in total. The van der Waals surface area contributed by atoms with E-state index in [0.717, 1.165) is 6.42 Å². The van der Waals surface area contributed by atoms with Crippen LogP contribution in [0.2, 0.25) is 0 Å². The van der Waals surface area contributed by atoms with Gasteiger partial charge in [0.05, 0.1) is 11.8 Å². The highest BCUT2D eigenvalue weighted by atomic mass is 16.2. The molecule has 1 aliphatic rings. The number of rotatable bonds is 2. The summed E-state index contributed by atoms with van der Waals surface area (Å²) in [6, 6.07) is 0. The third-order valence-electron chi connectivity index (χ3n) is 3.83. The fourth-order valence-corrected chi connectivity index (χ4v) is 2.50. The molecule has 3 heteroatoms. The molecule has 16 heavy (non-hydrogen) atoms. The lowest BCUT2D eigenvalue weighted by atomic mass is 9.64. The minimum atomic E-state index is -0.213. The Morgan fingerprint density at radius 3 is 1.81 bits per heavy atom. The molecule has 0 aliphatic carbocycles. The molecule has 0 saturated carbocycles. The lowest BCUT2D eigenvalue weighted by Gasteiger charge is -2.37. The van der Waals surface area contributed by atoms with Crippen molar-refractivity contribution >= 4 is 11.8 Å². The predicted octanol–water partition coefficient (Wildman–Crippen LogP) is 2.36. The molecule has 1 aliphatic heterocycles. The van der Waals surface area contributed by atoms with Crippen molar-refractivity contribution < 1.29 is 9.59 Å². The average Bonchev–Trinajstić information content (AvgIpc) is 2.40. The van der Waals surface area contributed by atoms with Crippen molar-refractivity contribution in [2.45, 2.75) is 48.0 Å². The summed E-state index contributed by atoms with van der Waals surface area (Å²) in [4.78, 5) is 23.8. The Balaban J connectivity index is 3.14. The maximum absolute atomic E-state index is 11.9. The standard InChI is InChI=1S/C13H23NO2/c1-7-13(5,6)9-8(12(2,3)4)10(15)14-11(9)16/h8-9H,7H2,1-6H3,(H,14,15,16). The van der Waals surface area contributed by atoms with Gasteiger partial charge in [0.15, 0.2) is 0 Å². The van der Waals surface area contributed by atoms with Crippen molar-refractivity contribution in [3.8, 4) is 0 Å². The molecule has 1 heterocycles. The summed E-state index contributed by atoms with van der Waals surface area (Å²) in [6.45, 7) is 12.3. The van der Waals surface area contributed by atoms with E-state index < -0.39 is 0 Å². The largest absolute Gasteiger partial charge is 0.296 e. The number of imide groups is 1. The highest BCUT2D eigenvalue weighted by Crippen LogP contribution is 2.45. The molecule has 0 aromatic carbocycles. The predicted molar refractivity (Wildman–Crippen MR) is 63.7 cm³/mol. The van der Waals surface area contributed by atoms with E-state index in [2.05, 4.69) is 26.1 Å². The van der Waals surface area contributed by atoms with Crippen LogP contribution >= 0.6 is 0 Å². The minimum absolute atomic E-state index is 0.100. The van der Waals surface area contributed by atoms with Gasteiger partial charge < -0.3 is 0 Å². The van der Waals surface area contributed by atoms with Gasteiger partial charge in [-0.25, -0.2) is 0 Å². The third-order valence-corrected chi connectivity index (χ3v) is 3.83. The molecule has 0 bridgehead atoms. The molecule has 2 atom stereocenters. The van der Waals surface area contributed by atoms with E-state index in [9.17, 15) is 9.59 Å². The van der Waals surface area contributed by atoms with Gasteiger partial charge in [0.2, 0.25) is 11.8 Å². The Labute approximate surface area is 98.0 Å². The monoisotopic (exact) mass is 225 g/mol. The zero-order valence-corrected chi connectivity index (χ0v) is 11.2. The van der Waals surface area contributed by atoms with E-state index in [1.807, 2.05) is 20.8 Å². The van der Waals surface area contributed by atoms with Gasteiger partial charge in [0, 0.05) is 0 Å². The van der Waals surface area contributed by atoms with Crippen LogP contribution in [0.5, 0.6) is 0 Å². The molecular weight excluding hydrogens is 202 g/mol. The molecule has 1 rings (SSSR count). The highest BCUT2D eigenvalue weighted by molar-refractivity contribution is 6.05. The van der Waals surface area contributed by atoms with Crippen LogP contribution in [-0.2, 0) is 9.59 Å². The van der Waals surface area contributed by atoms with Crippen LogP contribution in [0.25, 0.3) is 0 Å². The first-order valence-corrected chi connectivity index (χ1v) is 5.96. The molecular formula is C13H23NO2. The second-order valence-corrected chi connectivity index (χ2v) is 6.52. The number of carbonyl (C=O) groups excluding carboxylic acids is 2. The van der Waals surface area contributed by atoms with Crippen molar-refractivity contribution in [3.63, 3.8) is 0 Å². The smallest absolute Gasteiger partial charge is 0.231 e. The van der Waals surface area contributed by atoms with Gasteiger partial charge in [0.25, 0.3) is 0 Å². The van der Waals surface area contributed by atoms with E-state index in [0.29, 0.717) is 0 Å². The minimum Gasteiger partial charge on any atom is -0.296 e. The number of hydrogen-bond acceptors (Lipinski definition) is 2. The molecule has 1 fully saturated rings. The second kappa shape index (κ2) is 3.86. The lowest BCUT2D eigenvalue weighted by molar-refractivity contribution is -0.127. The summed E-state index contributed by atoms with van der Waals surface area (Å²) >= 11 is 0. The van der Waals surface area contributed by atoms with Crippen LogP contribution in [0.15, 0.2) is 0 Å². The van der Waals surface area contributed by atoms with Crippen LogP contribution < -0.4 is 5.32 Å². The third kappa shape index (κ3) is 2.13. The first-order valence-electron chi connectivity index (χ1n) is 5.96. The Morgan fingerprint density at radius 2 is 1.44 bits per heavy atom. The van der Waals surface area contributed by atoms with Crippen LogP contribution in [0.4, 0.5) is 0 Å². The Bertz CT molecular complexity index is 312. The molecule has 2 amide bonds. The molecule has 0 aromatic rings. The summed E-state index contributed by atoms with van der Waals surface area (Å²) < 4.78 is 0. The van der Waals surface area contributed by atoms with Crippen molar-refractivity contribution in [2.24, 2.45) is 22.7 Å². The molecule has 3 nitrogen and oxygen atoms in total. The van der Waals surface area contributed by atoms with Crippen molar-refractivity contribution in [2.75, 3.05) is 0 Å². The summed E-state index contributed by atoms with van der Waals surface area (Å²) in [7, 11) is 0. The fraction of sp³-hybridized carbons (Fsp3) is 0.846. The van der Waals surface area contributed by atoms with Crippen LogP contribution in [-0.4, -0.2) is 11.8 Å². The lowest BCUT2D eigenvalue weighted by Crippen LogP contribution is -2.39. The van der Waals surface area contributed by atoms with Gasteiger partial charge in [-0.2, -0.15) is 0 Å². The zero-order chi connectivity index (χ0) is 12.7. The molecule has 92 valence electrons. The Morgan fingerprint density at radius 1 is 1.00 bits per heavy atom. The molecule has 0 aromatic heterocycles. The number of hydrogen-bond donors (Lipinski definition) is 1. The van der Waals surface area contributed by atoms with E-state index in [1.54, 1.807) is 0 Å². The van der Waals surface area contributed by atoms with E-state index in [-0.39, 0.29) is 34.5 Å². The SMILES string of the molecule is CCC(C)(C)C1C(=O)NC(=O)C1C(C)(C)C. The molecule has 1 saturated heterocycles. The van der Waals surface area contributed by atoms with Crippen molar-refractivity contribution in [3.05, 3.63) is 0 Å². The number of nitrogens with one attached hydrogen (secondary N) is 1.